The van der Waals surface area contributed by atoms with E-state index in [-0.39, 0.29) is 5.91 Å². The van der Waals surface area contributed by atoms with E-state index in [1.54, 1.807) is 26.4 Å². The predicted molar refractivity (Wildman–Crippen MR) is 90.5 cm³/mol. The van der Waals surface area contributed by atoms with Crippen molar-refractivity contribution in [2.45, 2.75) is 44.2 Å². The first kappa shape index (κ1) is 16.4. The number of rotatable bonds is 5. The molecule has 0 aliphatic carbocycles. The van der Waals surface area contributed by atoms with Gasteiger partial charge in [0, 0.05) is 30.6 Å². The molecule has 2 bridgehead atoms. The topological polar surface area (TPSA) is 59.6 Å². The molecule has 2 aliphatic heterocycles. The third-order valence-corrected chi connectivity index (χ3v) is 5.09. The molecule has 0 saturated carbocycles. The lowest BCUT2D eigenvalue weighted by atomic mass is 9.89. The number of benzene rings is 1. The van der Waals surface area contributed by atoms with Gasteiger partial charge in [0.25, 0.3) is 0 Å². The van der Waals surface area contributed by atoms with E-state index in [9.17, 15) is 4.79 Å². The normalized spacial score (nSPS) is 26.0. The summed E-state index contributed by atoms with van der Waals surface area (Å²) in [5.41, 5.74) is 0.593. The first-order valence-corrected chi connectivity index (χ1v) is 8.44. The quantitative estimate of drug-likeness (QED) is 0.865. The average molecular weight is 339 g/mol. The molecule has 2 fully saturated rings. The number of anilines is 1. The van der Waals surface area contributed by atoms with Gasteiger partial charge in [-0.25, -0.2) is 0 Å². The molecule has 1 aromatic carbocycles. The molecular weight excluding hydrogens is 316 g/mol. The maximum absolute atomic E-state index is 12.4. The Balaban J connectivity index is 1.65. The molecular formula is C17H23ClN2O3. The van der Waals surface area contributed by atoms with Crippen molar-refractivity contribution in [1.82, 2.24) is 5.32 Å². The number of amides is 1. The van der Waals surface area contributed by atoms with Gasteiger partial charge in [-0.15, -0.1) is 0 Å². The fourth-order valence-corrected chi connectivity index (χ4v) is 3.99. The summed E-state index contributed by atoms with van der Waals surface area (Å²) in [4.78, 5) is 12.4. The largest absolute Gasteiger partial charge is 0.495 e. The van der Waals surface area contributed by atoms with Gasteiger partial charge >= 0.3 is 0 Å². The van der Waals surface area contributed by atoms with Crippen LogP contribution < -0.4 is 20.1 Å². The van der Waals surface area contributed by atoms with Gasteiger partial charge in [-0.2, -0.15) is 0 Å². The fourth-order valence-electron chi connectivity index (χ4n) is 3.76. The summed E-state index contributed by atoms with van der Waals surface area (Å²) in [5.74, 6) is 1.52. The molecule has 2 unspecified atom stereocenters. The van der Waals surface area contributed by atoms with Crippen LogP contribution in [0.1, 0.15) is 32.1 Å². The minimum absolute atomic E-state index is 0.0129. The summed E-state index contributed by atoms with van der Waals surface area (Å²) in [6, 6.07) is 4.54. The molecule has 126 valence electrons. The molecule has 0 aromatic heterocycles. The number of nitrogens with one attached hydrogen (secondary N) is 2. The van der Waals surface area contributed by atoms with Crippen molar-refractivity contribution in [3.8, 4) is 11.5 Å². The highest BCUT2D eigenvalue weighted by Crippen LogP contribution is 2.37. The van der Waals surface area contributed by atoms with E-state index >= 15 is 0 Å². The number of hydrogen-bond acceptors (Lipinski definition) is 4. The van der Waals surface area contributed by atoms with E-state index in [2.05, 4.69) is 10.6 Å². The van der Waals surface area contributed by atoms with E-state index < -0.39 is 0 Å². The van der Waals surface area contributed by atoms with Gasteiger partial charge in [0.15, 0.2) is 0 Å². The number of carbonyl (C=O) groups is 1. The highest BCUT2D eigenvalue weighted by molar-refractivity contribution is 6.32. The van der Waals surface area contributed by atoms with Gasteiger partial charge in [-0.1, -0.05) is 11.6 Å². The van der Waals surface area contributed by atoms with Crippen molar-refractivity contribution in [3.63, 3.8) is 0 Å². The summed E-state index contributed by atoms with van der Waals surface area (Å²) in [6.07, 6.45) is 5.20. The number of ether oxygens (including phenoxy) is 2. The molecule has 2 aliphatic rings. The zero-order chi connectivity index (χ0) is 16.4. The molecule has 3 rings (SSSR count). The summed E-state index contributed by atoms with van der Waals surface area (Å²) in [7, 11) is 3.10. The zero-order valence-corrected chi connectivity index (χ0v) is 14.3. The van der Waals surface area contributed by atoms with E-state index in [0.717, 1.165) is 12.8 Å². The van der Waals surface area contributed by atoms with Crippen molar-refractivity contribution in [1.29, 1.82) is 0 Å². The minimum atomic E-state index is 0.0129. The molecule has 2 heterocycles. The zero-order valence-electron chi connectivity index (χ0n) is 13.5. The van der Waals surface area contributed by atoms with Gasteiger partial charge in [0.2, 0.25) is 5.91 Å². The second-order valence-corrected chi connectivity index (χ2v) is 6.82. The van der Waals surface area contributed by atoms with Crippen LogP contribution in [0.3, 0.4) is 0 Å². The van der Waals surface area contributed by atoms with Crippen LogP contribution in [0.25, 0.3) is 0 Å². The van der Waals surface area contributed by atoms with Crippen LogP contribution in [-0.4, -0.2) is 32.2 Å². The van der Waals surface area contributed by atoms with Gasteiger partial charge in [0.05, 0.1) is 24.9 Å². The molecule has 0 radical (unpaired) electrons. The van der Waals surface area contributed by atoms with Crippen molar-refractivity contribution >= 4 is 23.2 Å². The number of hydrogen-bond donors (Lipinski definition) is 2. The monoisotopic (exact) mass is 338 g/mol. The summed E-state index contributed by atoms with van der Waals surface area (Å²) in [5, 5.41) is 6.99. The van der Waals surface area contributed by atoms with Crippen molar-refractivity contribution in [3.05, 3.63) is 17.2 Å². The van der Waals surface area contributed by atoms with Crippen molar-refractivity contribution in [2.24, 2.45) is 5.92 Å². The van der Waals surface area contributed by atoms with E-state index in [1.807, 2.05) is 0 Å². The predicted octanol–water partition coefficient (Wildman–Crippen LogP) is 3.22. The number of fused-ring (bicyclic) bond motifs is 2. The molecule has 1 amide bonds. The number of halogens is 1. The molecule has 23 heavy (non-hydrogen) atoms. The average Bonchev–Trinajstić information content (AvgIpc) is 2.87. The van der Waals surface area contributed by atoms with Crippen LogP contribution in [0.5, 0.6) is 11.5 Å². The Morgan fingerprint density at radius 1 is 1.22 bits per heavy atom. The molecule has 5 nitrogen and oxygen atoms in total. The Kier molecular flexibility index (Phi) is 4.97. The lowest BCUT2D eigenvalue weighted by molar-refractivity contribution is -0.117. The highest BCUT2D eigenvalue weighted by Gasteiger charge is 2.34. The fraction of sp³-hybridized carbons (Fsp3) is 0.588. The standard InChI is InChI=1S/C17H23ClN2O3/c1-22-15-9-14(16(23-2)8-13(15)18)20-17(21)7-10-5-11-3-4-12(6-10)19-11/h8-12,19H,3-7H2,1-2H3,(H,20,21). The maximum atomic E-state index is 12.4. The highest BCUT2D eigenvalue weighted by atomic mass is 35.5. The lowest BCUT2D eigenvalue weighted by Crippen LogP contribution is -2.39. The van der Waals surface area contributed by atoms with E-state index in [0.29, 0.717) is 46.6 Å². The smallest absolute Gasteiger partial charge is 0.224 e. The lowest BCUT2D eigenvalue weighted by Gasteiger charge is -2.28. The van der Waals surface area contributed by atoms with E-state index in [4.69, 9.17) is 21.1 Å². The van der Waals surface area contributed by atoms with Crippen LogP contribution in [-0.2, 0) is 4.79 Å². The second-order valence-electron chi connectivity index (χ2n) is 6.41. The Labute approximate surface area is 141 Å². The number of piperidine rings is 1. The van der Waals surface area contributed by atoms with Crippen molar-refractivity contribution < 1.29 is 14.3 Å². The molecule has 2 N–H and O–H groups in total. The number of methoxy groups -OCH3 is 2. The van der Waals surface area contributed by atoms with Gasteiger partial charge in [0.1, 0.15) is 11.5 Å². The molecule has 2 atom stereocenters. The Morgan fingerprint density at radius 3 is 2.48 bits per heavy atom. The van der Waals surface area contributed by atoms with Crippen LogP contribution >= 0.6 is 11.6 Å². The SMILES string of the molecule is COc1cc(NC(=O)CC2CC3CCC(C2)N3)c(OC)cc1Cl. The Bertz CT molecular complexity index is 581. The first-order chi connectivity index (χ1) is 11.1. The summed E-state index contributed by atoms with van der Waals surface area (Å²) in [6.45, 7) is 0. The van der Waals surface area contributed by atoms with E-state index in [1.165, 1.54) is 12.8 Å². The molecule has 6 heteroatoms. The van der Waals surface area contributed by atoms with Gasteiger partial charge in [-0.05, 0) is 31.6 Å². The third-order valence-electron chi connectivity index (χ3n) is 4.79. The van der Waals surface area contributed by atoms with Crippen LogP contribution in [0, 0.1) is 5.92 Å². The minimum Gasteiger partial charge on any atom is -0.495 e. The third kappa shape index (κ3) is 3.72. The molecule has 1 aromatic rings. The van der Waals surface area contributed by atoms with Crippen LogP contribution in [0.4, 0.5) is 5.69 Å². The second kappa shape index (κ2) is 6.97. The maximum Gasteiger partial charge on any atom is 0.224 e. The van der Waals surface area contributed by atoms with Gasteiger partial charge in [-0.3, -0.25) is 4.79 Å². The summed E-state index contributed by atoms with van der Waals surface area (Å²) < 4.78 is 10.5. The Hall–Kier alpha value is -1.46. The molecule has 2 saturated heterocycles. The van der Waals surface area contributed by atoms with Crippen molar-refractivity contribution in [2.75, 3.05) is 19.5 Å². The van der Waals surface area contributed by atoms with Crippen LogP contribution in [0.15, 0.2) is 12.1 Å². The molecule has 0 spiro atoms. The number of carbonyl (C=O) groups excluding carboxylic acids is 1. The van der Waals surface area contributed by atoms with Gasteiger partial charge < -0.3 is 20.1 Å². The summed E-state index contributed by atoms with van der Waals surface area (Å²) >= 11 is 6.09. The Morgan fingerprint density at radius 2 is 1.87 bits per heavy atom. The van der Waals surface area contributed by atoms with Crippen LogP contribution in [0.2, 0.25) is 5.02 Å². The first-order valence-electron chi connectivity index (χ1n) is 8.06.